The van der Waals surface area contributed by atoms with Crippen LogP contribution in [0.2, 0.25) is 10.3 Å². The van der Waals surface area contributed by atoms with Crippen molar-refractivity contribution in [3.8, 4) is 0 Å². The van der Waals surface area contributed by atoms with Gasteiger partial charge in [0.2, 0.25) is 0 Å². The Labute approximate surface area is 116 Å². The van der Waals surface area contributed by atoms with Gasteiger partial charge in [-0.2, -0.15) is 0 Å². The average Bonchev–Trinajstić information content (AvgIpc) is 2.77. The molecule has 0 N–H and O–H groups in total. The highest BCUT2D eigenvalue weighted by molar-refractivity contribution is 6.32. The lowest BCUT2D eigenvalue weighted by atomic mass is 10.0. The highest BCUT2D eigenvalue weighted by Gasteiger charge is 2.39. The van der Waals surface area contributed by atoms with Crippen molar-refractivity contribution in [3.63, 3.8) is 0 Å². The molecule has 2 saturated heterocycles. The fourth-order valence-corrected chi connectivity index (χ4v) is 2.98. The van der Waals surface area contributed by atoms with Crippen LogP contribution >= 0.6 is 23.2 Å². The van der Waals surface area contributed by atoms with Gasteiger partial charge < -0.3 is 14.4 Å². The number of piperidine rings is 1. The number of anilines is 1. The first-order valence-corrected chi connectivity index (χ1v) is 6.78. The predicted molar refractivity (Wildman–Crippen MR) is 70.3 cm³/mol. The second-order valence-electron chi connectivity index (χ2n) is 4.57. The van der Waals surface area contributed by atoms with Gasteiger partial charge >= 0.3 is 0 Å². The van der Waals surface area contributed by atoms with Gasteiger partial charge in [-0.1, -0.05) is 23.2 Å². The van der Waals surface area contributed by atoms with E-state index in [-0.39, 0.29) is 5.79 Å². The Morgan fingerprint density at radius 3 is 2.17 bits per heavy atom. The maximum absolute atomic E-state index is 5.92. The zero-order valence-corrected chi connectivity index (χ0v) is 11.4. The van der Waals surface area contributed by atoms with E-state index in [9.17, 15) is 0 Å². The summed E-state index contributed by atoms with van der Waals surface area (Å²) < 4.78 is 11.4. The summed E-state index contributed by atoms with van der Waals surface area (Å²) in [6.07, 6.45) is 1.73. The molecule has 0 aliphatic carbocycles. The lowest BCUT2D eigenvalue weighted by Crippen LogP contribution is -2.45. The van der Waals surface area contributed by atoms with Crippen molar-refractivity contribution in [2.75, 3.05) is 31.2 Å². The van der Waals surface area contributed by atoms with Crippen LogP contribution in [0.3, 0.4) is 0 Å². The van der Waals surface area contributed by atoms with Crippen LogP contribution < -0.4 is 4.90 Å². The first-order chi connectivity index (χ1) is 8.67. The molecule has 0 radical (unpaired) electrons. The van der Waals surface area contributed by atoms with Crippen molar-refractivity contribution in [3.05, 3.63) is 22.4 Å². The molecule has 0 unspecified atom stereocenters. The molecule has 6 heteroatoms. The van der Waals surface area contributed by atoms with E-state index in [2.05, 4.69) is 9.88 Å². The number of ether oxygens (including phenoxy) is 2. The first-order valence-electron chi connectivity index (χ1n) is 6.03. The van der Waals surface area contributed by atoms with Crippen LogP contribution in [0.15, 0.2) is 12.1 Å². The monoisotopic (exact) mass is 288 g/mol. The van der Waals surface area contributed by atoms with E-state index in [0.717, 1.165) is 31.6 Å². The van der Waals surface area contributed by atoms with Crippen molar-refractivity contribution in [1.82, 2.24) is 4.98 Å². The summed E-state index contributed by atoms with van der Waals surface area (Å²) >= 11 is 11.8. The van der Waals surface area contributed by atoms with Crippen LogP contribution in [0.1, 0.15) is 12.8 Å². The summed E-state index contributed by atoms with van der Waals surface area (Å²) in [6.45, 7) is 3.15. The van der Waals surface area contributed by atoms with Crippen LogP contribution in [-0.2, 0) is 9.47 Å². The molecular formula is C12H14Cl2N2O2. The molecule has 2 aliphatic rings. The van der Waals surface area contributed by atoms with Crippen molar-refractivity contribution < 1.29 is 9.47 Å². The van der Waals surface area contributed by atoms with Gasteiger partial charge in [-0.05, 0) is 12.1 Å². The van der Waals surface area contributed by atoms with Gasteiger partial charge in [-0.15, -0.1) is 0 Å². The van der Waals surface area contributed by atoms with E-state index >= 15 is 0 Å². The molecule has 3 heterocycles. The number of rotatable bonds is 1. The zero-order valence-electron chi connectivity index (χ0n) is 9.86. The van der Waals surface area contributed by atoms with Gasteiger partial charge in [0.05, 0.1) is 13.2 Å². The second-order valence-corrected chi connectivity index (χ2v) is 5.34. The van der Waals surface area contributed by atoms with Crippen molar-refractivity contribution in [2.45, 2.75) is 18.6 Å². The summed E-state index contributed by atoms with van der Waals surface area (Å²) in [5.74, 6) is -0.350. The van der Waals surface area contributed by atoms with E-state index < -0.39 is 0 Å². The largest absolute Gasteiger partial charge is 0.371 e. The summed E-state index contributed by atoms with van der Waals surface area (Å²) in [7, 11) is 0. The number of hydrogen-bond acceptors (Lipinski definition) is 4. The number of hydrogen-bond donors (Lipinski definition) is 0. The Balaban J connectivity index is 1.72. The molecule has 1 aromatic heterocycles. The normalized spacial score (nSPS) is 22.7. The Morgan fingerprint density at radius 1 is 1.06 bits per heavy atom. The van der Waals surface area contributed by atoms with E-state index in [1.807, 2.05) is 12.1 Å². The quantitative estimate of drug-likeness (QED) is 0.745. The van der Waals surface area contributed by atoms with Gasteiger partial charge in [0, 0.05) is 31.6 Å². The average molecular weight is 289 g/mol. The summed E-state index contributed by atoms with van der Waals surface area (Å²) in [5, 5.41) is 0.845. The molecule has 2 aliphatic heterocycles. The number of nitrogens with zero attached hydrogens (tertiary/aromatic N) is 2. The topological polar surface area (TPSA) is 34.6 Å². The fraction of sp³-hybridized carbons (Fsp3) is 0.583. The third-order valence-corrected chi connectivity index (χ3v) is 3.84. The van der Waals surface area contributed by atoms with Crippen LogP contribution in [0.4, 0.5) is 5.69 Å². The first kappa shape index (κ1) is 12.5. The maximum Gasteiger partial charge on any atom is 0.171 e. The third-order valence-electron chi connectivity index (χ3n) is 3.45. The minimum atomic E-state index is -0.350. The minimum Gasteiger partial charge on any atom is -0.371 e. The second kappa shape index (κ2) is 4.85. The minimum absolute atomic E-state index is 0.350. The molecule has 0 atom stereocenters. The Hall–Kier alpha value is -0.550. The van der Waals surface area contributed by atoms with Gasteiger partial charge in [0.15, 0.2) is 5.79 Å². The summed E-state index contributed by atoms with van der Waals surface area (Å²) in [6, 6.07) is 3.67. The maximum atomic E-state index is 5.92. The van der Waals surface area contributed by atoms with Crippen LogP contribution in [-0.4, -0.2) is 37.1 Å². The van der Waals surface area contributed by atoms with E-state index in [1.54, 1.807) is 0 Å². The highest BCUT2D eigenvalue weighted by atomic mass is 35.5. The Kier molecular flexibility index (Phi) is 3.36. The van der Waals surface area contributed by atoms with Crippen LogP contribution in [0, 0.1) is 0 Å². The number of pyridine rings is 1. The molecule has 1 aromatic rings. The van der Waals surface area contributed by atoms with Crippen molar-refractivity contribution >= 4 is 28.9 Å². The SMILES string of the molecule is Clc1cc(N2CCC3(CC2)OCCO3)cc(Cl)n1. The number of halogens is 2. The molecule has 0 aromatic carbocycles. The molecule has 3 rings (SSSR count). The summed E-state index contributed by atoms with van der Waals surface area (Å²) in [4.78, 5) is 6.19. The lowest BCUT2D eigenvalue weighted by molar-refractivity contribution is -0.169. The number of aromatic nitrogens is 1. The van der Waals surface area contributed by atoms with Crippen molar-refractivity contribution in [1.29, 1.82) is 0 Å². The van der Waals surface area contributed by atoms with E-state index in [0.29, 0.717) is 23.5 Å². The molecule has 1 spiro atoms. The predicted octanol–water partition coefficient (Wildman–Crippen LogP) is 2.73. The molecular weight excluding hydrogens is 275 g/mol. The highest BCUT2D eigenvalue weighted by Crippen LogP contribution is 2.34. The summed E-state index contributed by atoms with van der Waals surface area (Å²) in [5.41, 5.74) is 1.01. The Morgan fingerprint density at radius 2 is 1.61 bits per heavy atom. The van der Waals surface area contributed by atoms with E-state index in [4.69, 9.17) is 32.7 Å². The standard InChI is InChI=1S/C12H14Cl2N2O2/c13-10-7-9(8-11(14)15-10)16-3-1-12(2-4-16)17-5-6-18-12/h7-8H,1-6H2. The molecule has 0 amide bonds. The molecule has 0 saturated carbocycles. The van der Waals surface area contributed by atoms with Gasteiger partial charge in [-0.25, -0.2) is 4.98 Å². The Bertz CT molecular complexity index is 419. The lowest BCUT2D eigenvalue weighted by Gasteiger charge is -2.38. The zero-order chi connectivity index (χ0) is 12.6. The molecule has 18 heavy (non-hydrogen) atoms. The fourth-order valence-electron chi connectivity index (χ4n) is 2.53. The molecule has 4 nitrogen and oxygen atoms in total. The van der Waals surface area contributed by atoms with Crippen molar-refractivity contribution in [2.24, 2.45) is 0 Å². The smallest absolute Gasteiger partial charge is 0.171 e. The van der Waals surface area contributed by atoms with E-state index in [1.165, 1.54) is 0 Å². The third kappa shape index (κ3) is 2.43. The van der Waals surface area contributed by atoms with Gasteiger partial charge in [0.1, 0.15) is 10.3 Å². The molecule has 98 valence electrons. The van der Waals surface area contributed by atoms with Gasteiger partial charge in [0.25, 0.3) is 0 Å². The van der Waals surface area contributed by atoms with Crippen LogP contribution in [0.25, 0.3) is 0 Å². The van der Waals surface area contributed by atoms with Gasteiger partial charge in [-0.3, -0.25) is 0 Å². The van der Waals surface area contributed by atoms with Crippen LogP contribution in [0.5, 0.6) is 0 Å². The molecule has 0 bridgehead atoms. The molecule has 2 fully saturated rings.